The molecule has 0 spiro atoms. The highest BCUT2D eigenvalue weighted by atomic mass is 15.1. The fourth-order valence-corrected chi connectivity index (χ4v) is 2.10. The molecule has 3 rings (SSSR count). The molecule has 0 radical (unpaired) electrons. The molecule has 66 valence electrons. The summed E-state index contributed by atoms with van der Waals surface area (Å²) in [6, 6.07) is 0. The second kappa shape index (κ2) is 2.92. The van der Waals surface area contributed by atoms with Crippen molar-refractivity contribution in [2.75, 3.05) is 0 Å². The quantitative estimate of drug-likeness (QED) is 0.627. The van der Waals surface area contributed by atoms with Gasteiger partial charge in [-0.1, -0.05) is 13.8 Å². The second-order valence-corrected chi connectivity index (χ2v) is 3.45. The van der Waals surface area contributed by atoms with E-state index in [-0.39, 0.29) is 0 Å². The summed E-state index contributed by atoms with van der Waals surface area (Å²) in [5, 5.41) is 7.15. The number of rotatable bonds is 0. The summed E-state index contributed by atoms with van der Waals surface area (Å²) in [5.41, 5.74) is 2.91. The summed E-state index contributed by atoms with van der Waals surface area (Å²) < 4.78 is 0. The first-order valence-electron chi connectivity index (χ1n) is 4.97. The van der Waals surface area contributed by atoms with Gasteiger partial charge in [-0.15, -0.1) is 0 Å². The molecule has 0 aromatic carbocycles. The van der Waals surface area contributed by atoms with E-state index in [0.29, 0.717) is 0 Å². The standard InChI is InChI=1S/C8H10N2.C2H6/c1-2-6-4-9-10-8(6)7-3-5(1)7;1-2/h4-5,7H,1-3H2,(H,9,10);1-2H3. The number of aromatic nitrogens is 2. The molecule has 2 heteroatoms. The molecule has 1 N–H and O–H groups in total. The third-order valence-corrected chi connectivity index (χ3v) is 2.83. The number of H-pyrrole nitrogens is 1. The van der Waals surface area contributed by atoms with Crippen LogP contribution >= 0.6 is 0 Å². The molecule has 2 aliphatic carbocycles. The van der Waals surface area contributed by atoms with Gasteiger partial charge in [0.25, 0.3) is 0 Å². The van der Waals surface area contributed by atoms with Crippen LogP contribution in [-0.2, 0) is 6.42 Å². The van der Waals surface area contributed by atoms with E-state index in [1.54, 1.807) is 0 Å². The first-order valence-corrected chi connectivity index (χ1v) is 4.97. The summed E-state index contributed by atoms with van der Waals surface area (Å²) in [7, 11) is 0. The zero-order valence-corrected chi connectivity index (χ0v) is 7.80. The van der Waals surface area contributed by atoms with Crippen molar-refractivity contribution in [1.82, 2.24) is 10.2 Å². The average Bonchev–Trinajstić information content (AvgIpc) is 2.79. The monoisotopic (exact) mass is 164 g/mol. The van der Waals surface area contributed by atoms with Crippen molar-refractivity contribution in [1.29, 1.82) is 0 Å². The summed E-state index contributed by atoms with van der Waals surface area (Å²) in [6.45, 7) is 4.00. The number of aromatic amines is 1. The molecule has 0 amide bonds. The van der Waals surface area contributed by atoms with Crippen LogP contribution in [0.25, 0.3) is 0 Å². The number of nitrogens with zero attached hydrogens (tertiary/aromatic N) is 1. The van der Waals surface area contributed by atoms with Crippen LogP contribution in [0.5, 0.6) is 0 Å². The van der Waals surface area contributed by atoms with Gasteiger partial charge in [-0.3, -0.25) is 5.10 Å². The molecule has 2 nitrogen and oxygen atoms in total. The molecule has 1 aromatic heterocycles. The molecular weight excluding hydrogens is 148 g/mol. The largest absolute Gasteiger partial charge is 0.282 e. The van der Waals surface area contributed by atoms with E-state index in [1.165, 1.54) is 30.5 Å². The number of aryl methyl sites for hydroxylation is 1. The highest BCUT2D eigenvalue weighted by Crippen LogP contribution is 2.53. The highest BCUT2D eigenvalue weighted by Gasteiger charge is 2.43. The molecule has 2 aliphatic rings. The maximum absolute atomic E-state index is 4.06. The summed E-state index contributed by atoms with van der Waals surface area (Å²) >= 11 is 0. The smallest absolute Gasteiger partial charge is 0.0522 e. The number of nitrogens with one attached hydrogen (secondary N) is 1. The molecule has 2 unspecified atom stereocenters. The van der Waals surface area contributed by atoms with Crippen molar-refractivity contribution >= 4 is 0 Å². The van der Waals surface area contributed by atoms with Gasteiger partial charge < -0.3 is 0 Å². The molecule has 1 aromatic rings. The Balaban J connectivity index is 0.000000264. The molecule has 0 aliphatic heterocycles. The van der Waals surface area contributed by atoms with E-state index in [0.717, 1.165) is 11.8 Å². The van der Waals surface area contributed by atoms with Gasteiger partial charge in [-0.05, 0) is 30.7 Å². The van der Waals surface area contributed by atoms with Crippen molar-refractivity contribution in [3.63, 3.8) is 0 Å². The van der Waals surface area contributed by atoms with Crippen LogP contribution < -0.4 is 0 Å². The van der Waals surface area contributed by atoms with Crippen molar-refractivity contribution < 1.29 is 0 Å². The van der Waals surface area contributed by atoms with E-state index in [2.05, 4.69) is 10.2 Å². The van der Waals surface area contributed by atoms with Crippen LogP contribution in [0.3, 0.4) is 0 Å². The van der Waals surface area contributed by atoms with E-state index in [1.807, 2.05) is 20.0 Å². The van der Waals surface area contributed by atoms with Crippen molar-refractivity contribution in [3.8, 4) is 0 Å². The van der Waals surface area contributed by atoms with Gasteiger partial charge in [0.1, 0.15) is 0 Å². The van der Waals surface area contributed by atoms with Crippen molar-refractivity contribution in [2.24, 2.45) is 5.92 Å². The molecule has 1 saturated carbocycles. The maximum Gasteiger partial charge on any atom is 0.0522 e. The lowest BCUT2D eigenvalue weighted by molar-refractivity contribution is 0.661. The Morgan fingerprint density at radius 1 is 1.50 bits per heavy atom. The Hall–Kier alpha value is -0.790. The molecular formula is C10H16N2. The molecule has 1 heterocycles. The van der Waals surface area contributed by atoms with E-state index in [9.17, 15) is 0 Å². The number of hydrogen-bond donors (Lipinski definition) is 1. The molecule has 12 heavy (non-hydrogen) atoms. The minimum atomic E-state index is 0.867. The lowest BCUT2D eigenvalue weighted by Crippen LogP contribution is -1.98. The third-order valence-electron chi connectivity index (χ3n) is 2.83. The van der Waals surface area contributed by atoms with E-state index >= 15 is 0 Å². The number of hydrogen-bond acceptors (Lipinski definition) is 1. The predicted octanol–water partition coefficient (Wildman–Crippen LogP) is 2.49. The van der Waals surface area contributed by atoms with Crippen LogP contribution in [-0.4, -0.2) is 10.2 Å². The van der Waals surface area contributed by atoms with Crippen LogP contribution in [0.1, 0.15) is 43.9 Å². The molecule has 2 atom stereocenters. The van der Waals surface area contributed by atoms with Gasteiger partial charge >= 0.3 is 0 Å². The first-order chi connectivity index (χ1) is 5.95. The Morgan fingerprint density at radius 2 is 2.33 bits per heavy atom. The van der Waals surface area contributed by atoms with Crippen LogP contribution in [0.2, 0.25) is 0 Å². The van der Waals surface area contributed by atoms with Crippen molar-refractivity contribution in [2.45, 2.75) is 39.0 Å². The Labute approximate surface area is 73.4 Å². The average molecular weight is 164 g/mol. The Morgan fingerprint density at radius 3 is 3.17 bits per heavy atom. The fourth-order valence-electron chi connectivity index (χ4n) is 2.10. The van der Waals surface area contributed by atoms with Gasteiger partial charge in [0, 0.05) is 11.6 Å². The zero-order chi connectivity index (χ0) is 8.55. The van der Waals surface area contributed by atoms with Gasteiger partial charge in [0.15, 0.2) is 0 Å². The lowest BCUT2D eigenvalue weighted by Gasteiger charge is -2.07. The summed E-state index contributed by atoms with van der Waals surface area (Å²) in [4.78, 5) is 0. The van der Waals surface area contributed by atoms with Gasteiger partial charge in [-0.2, -0.15) is 5.10 Å². The van der Waals surface area contributed by atoms with Gasteiger partial charge in [-0.25, -0.2) is 0 Å². The zero-order valence-electron chi connectivity index (χ0n) is 7.80. The molecule has 0 saturated heterocycles. The summed E-state index contributed by atoms with van der Waals surface area (Å²) in [6.07, 6.45) is 6.06. The maximum atomic E-state index is 4.06. The predicted molar refractivity (Wildman–Crippen MR) is 49.1 cm³/mol. The minimum Gasteiger partial charge on any atom is -0.282 e. The van der Waals surface area contributed by atoms with Gasteiger partial charge in [0.05, 0.1) is 6.20 Å². The summed E-state index contributed by atoms with van der Waals surface area (Å²) in [5.74, 6) is 1.87. The lowest BCUT2D eigenvalue weighted by atomic mass is 9.99. The molecule has 1 fully saturated rings. The second-order valence-electron chi connectivity index (χ2n) is 3.45. The topological polar surface area (TPSA) is 28.7 Å². The first kappa shape index (κ1) is 7.84. The van der Waals surface area contributed by atoms with Crippen LogP contribution in [0.15, 0.2) is 6.20 Å². The Bertz CT molecular complexity index is 265. The normalized spacial score (nSPS) is 29.5. The fraction of sp³-hybridized carbons (Fsp3) is 0.700. The number of fused-ring (bicyclic) bond motifs is 3. The van der Waals surface area contributed by atoms with Crippen LogP contribution in [0, 0.1) is 5.92 Å². The minimum absolute atomic E-state index is 0.867. The van der Waals surface area contributed by atoms with E-state index in [4.69, 9.17) is 0 Å². The third kappa shape index (κ3) is 1.06. The SMILES string of the molecule is CC.c1n[nH]c2c1CCC1CC21. The van der Waals surface area contributed by atoms with E-state index < -0.39 is 0 Å². The van der Waals surface area contributed by atoms with Crippen molar-refractivity contribution in [3.05, 3.63) is 17.5 Å². The highest BCUT2D eigenvalue weighted by molar-refractivity contribution is 5.29. The Kier molecular flexibility index (Phi) is 1.91. The van der Waals surface area contributed by atoms with Gasteiger partial charge in [0.2, 0.25) is 0 Å². The van der Waals surface area contributed by atoms with Crippen LogP contribution in [0.4, 0.5) is 0 Å². The molecule has 0 bridgehead atoms.